The highest BCUT2D eigenvalue weighted by Gasteiger charge is 2.52. The fourth-order valence-electron chi connectivity index (χ4n) is 2.52. The monoisotopic (exact) mass is 288 g/mol. The molecule has 3 rings (SSSR count). The Labute approximate surface area is 123 Å². The molecule has 0 radical (unpaired) electrons. The summed E-state index contributed by atoms with van der Waals surface area (Å²) in [6, 6.07) is 8.39. The average Bonchev–Trinajstić information content (AvgIpc) is 2.63. The highest BCUT2D eigenvalue weighted by molar-refractivity contribution is 6.65. The first-order valence-corrected chi connectivity index (χ1v) is 6.99. The van der Waals surface area contributed by atoms with Crippen LogP contribution in [0.25, 0.3) is 10.8 Å². The molecule has 3 nitrogen and oxygen atoms in total. The van der Waals surface area contributed by atoms with Gasteiger partial charge in [0.1, 0.15) is 0 Å². The maximum Gasteiger partial charge on any atom is 0.495 e. The summed E-state index contributed by atoms with van der Waals surface area (Å²) in [5.41, 5.74) is -0.325. The zero-order valence-electron chi connectivity index (χ0n) is 12.6. The fourth-order valence-corrected chi connectivity index (χ4v) is 2.52. The van der Waals surface area contributed by atoms with Crippen LogP contribution in [-0.2, 0) is 9.31 Å². The SMILES string of the molecule is CC1(C)OB(c2cc(O)c(F)c3ccccc23)OC1(C)C. The standard InChI is InChI=1S/C16H18BFO3/c1-15(2)16(3,4)21-17(20-15)12-9-13(19)14(18)11-8-6-5-7-10(11)12/h5-9,19H,1-4H3. The smallest absolute Gasteiger partial charge is 0.495 e. The summed E-state index contributed by atoms with van der Waals surface area (Å²) >= 11 is 0. The number of phenolic OH excluding ortho intramolecular Hbond substituents is 1. The van der Waals surface area contributed by atoms with Gasteiger partial charge < -0.3 is 14.4 Å². The molecule has 0 bridgehead atoms. The first-order chi connectivity index (χ1) is 9.73. The summed E-state index contributed by atoms with van der Waals surface area (Å²) in [5, 5.41) is 10.9. The number of aromatic hydroxyl groups is 1. The molecule has 1 aliphatic heterocycles. The largest absolute Gasteiger partial charge is 0.505 e. The molecule has 0 spiro atoms. The number of hydrogen-bond acceptors (Lipinski definition) is 3. The number of hydrogen-bond donors (Lipinski definition) is 1. The summed E-state index contributed by atoms with van der Waals surface area (Å²) in [6.07, 6.45) is 0. The molecule has 1 aliphatic rings. The second-order valence-electron chi connectivity index (χ2n) is 6.43. The van der Waals surface area contributed by atoms with E-state index in [-0.39, 0.29) is 0 Å². The molecule has 0 atom stereocenters. The van der Waals surface area contributed by atoms with Crippen LogP contribution in [0, 0.1) is 5.82 Å². The molecule has 2 aromatic rings. The fraction of sp³-hybridized carbons (Fsp3) is 0.375. The van der Waals surface area contributed by atoms with Gasteiger partial charge in [-0.2, -0.15) is 0 Å². The van der Waals surface area contributed by atoms with Gasteiger partial charge in [-0.15, -0.1) is 0 Å². The first-order valence-electron chi connectivity index (χ1n) is 6.99. The van der Waals surface area contributed by atoms with Crippen molar-refractivity contribution < 1.29 is 18.8 Å². The minimum Gasteiger partial charge on any atom is -0.505 e. The van der Waals surface area contributed by atoms with Gasteiger partial charge in [0.05, 0.1) is 11.2 Å². The van der Waals surface area contributed by atoms with E-state index in [1.165, 1.54) is 6.07 Å². The van der Waals surface area contributed by atoms with Crippen molar-refractivity contribution in [2.75, 3.05) is 0 Å². The molecule has 110 valence electrons. The van der Waals surface area contributed by atoms with E-state index in [0.29, 0.717) is 16.2 Å². The lowest BCUT2D eigenvalue weighted by Gasteiger charge is -2.32. The predicted octanol–water partition coefficient (Wildman–Crippen LogP) is 2.98. The van der Waals surface area contributed by atoms with Crippen LogP contribution in [0.5, 0.6) is 5.75 Å². The highest BCUT2D eigenvalue weighted by atomic mass is 19.1. The summed E-state index contributed by atoms with van der Waals surface area (Å²) in [6.45, 7) is 7.83. The van der Waals surface area contributed by atoms with E-state index in [1.807, 2.05) is 33.8 Å². The number of rotatable bonds is 1. The van der Waals surface area contributed by atoms with Crippen LogP contribution < -0.4 is 5.46 Å². The van der Waals surface area contributed by atoms with Crippen molar-refractivity contribution in [2.24, 2.45) is 0 Å². The Bertz CT molecular complexity index is 696. The van der Waals surface area contributed by atoms with E-state index < -0.39 is 29.9 Å². The minimum atomic E-state index is -0.633. The summed E-state index contributed by atoms with van der Waals surface area (Å²) < 4.78 is 26.0. The van der Waals surface area contributed by atoms with Crippen LogP contribution in [0.4, 0.5) is 4.39 Å². The molecule has 1 heterocycles. The van der Waals surface area contributed by atoms with Gasteiger partial charge in [0.2, 0.25) is 0 Å². The van der Waals surface area contributed by atoms with Crippen LogP contribution in [0.3, 0.4) is 0 Å². The summed E-state index contributed by atoms with van der Waals surface area (Å²) in [4.78, 5) is 0. The van der Waals surface area contributed by atoms with E-state index in [2.05, 4.69) is 0 Å². The Hall–Kier alpha value is -1.59. The molecule has 5 heteroatoms. The average molecular weight is 288 g/mol. The lowest BCUT2D eigenvalue weighted by molar-refractivity contribution is 0.00578. The van der Waals surface area contributed by atoms with E-state index >= 15 is 0 Å². The molecule has 0 unspecified atom stereocenters. The van der Waals surface area contributed by atoms with Crippen molar-refractivity contribution in [1.29, 1.82) is 0 Å². The van der Waals surface area contributed by atoms with Gasteiger partial charge in [0, 0.05) is 5.39 Å². The van der Waals surface area contributed by atoms with Crippen LogP contribution in [0.2, 0.25) is 0 Å². The van der Waals surface area contributed by atoms with Crippen molar-refractivity contribution >= 4 is 23.4 Å². The maximum absolute atomic E-state index is 14.0. The van der Waals surface area contributed by atoms with Crippen LogP contribution >= 0.6 is 0 Å². The van der Waals surface area contributed by atoms with Gasteiger partial charge in [0.15, 0.2) is 11.6 Å². The van der Waals surface area contributed by atoms with Crippen molar-refractivity contribution in [2.45, 2.75) is 38.9 Å². The van der Waals surface area contributed by atoms with E-state index in [4.69, 9.17) is 9.31 Å². The first kappa shape index (κ1) is 14.4. The van der Waals surface area contributed by atoms with E-state index in [9.17, 15) is 9.50 Å². The van der Waals surface area contributed by atoms with Gasteiger partial charge >= 0.3 is 7.12 Å². The third kappa shape index (κ3) is 2.12. The highest BCUT2D eigenvalue weighted by Crippen LogP contribution is 2.37. The van der Waals surface area contributed by atoms with Gasteiger partial charge in [0.25, 0.3) is 0 Å². The van der Waals surface area contributed by atoms with Gasteiger partial charge in [-0.05, 0) is 44.6 Å². The van der Waals surface area contributed by atoms with Crippen molar-refractivity contribution in [3.8, 4) is 5.75 Å². The molecular weight excluding hydrogens is 270 g/mol. The van der Waals surface area contributed by atoms with Gasteiger partial charge in [-0.25, -0.2) is 4.39 Å². The zero-order chi connectivity index (χ0) is 15.4. The van der Waals surface area contributed by atoms with Crippen molar-refractivity contribution in [1.82, 2.24) is 0 Å². The van der Waals surface area contributed by atoms with Gasteiger partial charge in [-0.1, -0.05) is 24.3 Å². The Kier molecular flexibility index (Phi) is 3.04. The maximum atomic E-state index is 14.0. The second-order valence-corrected chi connectivity index (χ2v) is 6.43. The Morgan fingerprint density at radius 1 is 1.00 bits per heavy atom. The Balaban J connectivity index is 2.17. The quantitative estimate of drug-likeness (QED) is 0.820. The lowest BCUT2D eigenvalue weighted by Crippen LogP contribution is -2.41. The van der Waals surface area contributed by atoms with Crippen molar-refractivity contribution in [3.05, 3.63) is 36.1 Å². The summed E-state index contributed by atoms with van der Waals surface area (Å²) in [5.74, 6) is -1.01. The van der Waals surface area contributed by atoms with Crippen LogP contribution in [0.1, 0.15) is 27.7 Å². The number of phenols is 1. The molecule has 0 aromatic heterocycles. The van der Waals surface area contributed by atoms with Crippen LogP contribution in [-0.4, -0.2) is 23.4 Å². The summed E-state index contributed by atoms with van der Waals surface area (Å²) in [7, 11) is -0.633. The Morgan fingerprint density at radius 3 is 2.10 bits per heavy atom. The zero-order valence-corrected chi connectivity index (χ0v) is 12.6. The molecule has 0 saturated carbocycles. The lowest BCUT2D eigenvalue weighted by atomic mass is 9.76. The molecule has 0 amide bonds. The third-order valence-corrected chi connectivity index (χ3v) is 4.50. The number of fused-ring (bicyclic) bond motifs is 1. The van der Waals surface area contributed by atoms with E-state index in [1.54, 1.807) is 18.2 Å². The Morgan fingerprint density at radius 2 is 1.52 bits per heavy atom. The van der Waals surface area contributed by atoms with Crippen LogP contribution in [0.15, 0.2) is 30.3 Å². The van der Waals surface area contributed by atoms with E-state index in [0.717, 1.165) is 0 Å². The molecule has 0 aliphatic carbocycles. The second kappa shape index (κ2) is 4.45. The molecule has 2 aromatic carbocycles. The predicted molar refractivity (Wildman–Crippen MR) is 81.3 cm³/mol. The van der Waals surface area contributed by atoms with Gasteiger partial charge in [-0.3, -0.25) is 0 Å². The van der Waals surface area contributed by atoms with Crippen molar-refractivity contribution in [3.63, 3.8) is 0 Å². The third-order valence-electron chi connectivity index (χ3n) is 4.50. The normalized spacial score (nSPS) is 20.1. The molecule has 1 fully saturated rings. The molecule has 1 saturated heterocycles. The molecule has 21 heavy (non-hydrogen) atoms. The molecule has 1 N–H and O–H groups in total. The molecular formula is C16H18BFO3. The minimum absolute atomic E-state index is 0.363. The topological polar surface area (TPSA) is 38.7 Å². The number of halogens is 1. The number of benzene rings is 2.